The molecule has 1 fully saturated rings. The highest BCUT2D eigenvalue weighted by Gasteiger charge is 2.15. The van der Waals surface area contributed by atoms with Gasteiger partial charge in [0, 0.05) is 29.7 Å². The third-order valence-electron chi connectivity index (χ3n) is 6.14. The van der Waals surface area contributed by atoms with Gasteiger partial charge in [-0.2, -0.15) is 0 Å². The molecule has 0 aliphatic carbocycles. The average Bonchev–Trinajstić information content (AvgIpc) is 2.88. The molecule has 176 valence electrons. The first kappa shape index (κ1) is 22.9. The second kappa shape index (κ2) is 10.6. The van der Waals surface area contributed by atoms with Crippen LogP contribution in [-0.4, -0.2) is 45.7 Å². The van der Waals surface area contributed by atoms with Gasteiger partial charge in [0.1, 0.15) is 23.6 Å². The third kappa shape index (κ3) is 5.78. The van der Waals surface area contributed by atoms with Gasteiger partial charge in [-0.3, -0.25) is 4.90 Å². The van der Waals surface area contributed by atoms with Gasteiger partial charge in [-0.05, 0) is 73.9 Å². The number of aromatic nitrogens is 2. The predicted molar refractivity (Wildman–Crippen MR) is 139 cm³/mol. The molecule has 1 aliphatic rings. The van der Waals surface area contributed by atoms with E-state index < -0.39 is 0 Å². The van der Waals surface area contributed by atoms with Gasteiger partial charge in [-0.1, -0.05) is 30.0 Å². The van der Waals surface area contributed by atoms with E-state index >= 15 is 0 Å². The van der Waals surface area contributed by atoms with Crippen molar-refractivity contribution in [3.63, 3.8) is 0 Å². The number of nitrogens with zero attached hydrogens (tertiary/aromatic N) is 3. The Morgan fingerprint density at radius 3 is 2.66 bits per heavy atom. The number of benzene rings is 3. The first-order valence-corrected chi connectivity index (χ1v) is 11.9. The molecule has 5 rings (SSSR count). The lowest BCUT2D eigenvalue weighted by atomic mass is 10.1. The number of hydrogen-bond acceptors (Lipinski definition) is 6. The molecule has 6 nitrogen and oxygen atoms in total. The highest BCUT2D eigenvalue weighted by atomic mass is 16.5. The number of ether oxygens (including phenoxy) is 1. The minimum Gasteiger partial charge on any atom is -0.457 e. The minimum absolute atomic E-state index is 0.165. The molecule has 0 saturated carbocycles. The standard InChI is InChI=1S/C29H28N4O2/c1-21-18-23(10-12-28(21)35-25-7-3-2-4-8-25)32-29-26-19-22(9-11-27(26)30-20-31-29)6-5-15-33-16-13-24(34)14-17-33/h2-4,7-12,18-20,24,34H,13-17H2,1H3,(H,30,31,32). The van der Waals surface area contributed by atoms with Crippen LogP contribution in [-0.2, 0) is 0 Å². The van der Waals surface area contributed by atoms with Crippen LogP contribution in [0.2, 0.25) is 0 Å². The Hall–Kier alpha value is -3.92. The van der Waals surface area contributed by atoms with Gasteiger partial charge in [0.15, 0.2) is 0 Å². The zero-order chi connectivity index (χ0) is 24.0. The van der Waals surface area contributed by atoms with Gasteiger partial charge in [-0.25, -0.2) is 9.97 Å². The Morgan fingerprint density at radius 1 is 1.03 bits per heavy atom. The molecular weight excluding hydrogens is 436 g/mol. The number of para-hydroxylation sites is 1. The van der Waals surface area contributed by atoms with Crippen molar-refractivity contribution in [2.45, 2.75) is 25.9 Å². The molecule has 0 spiro atoms. The summed E-state index contributed by atoms with van der Waals surface area (Å²) in [6, 6.07) is 21.8. The number of anilines is 2. The second-order valence-corrected chi connectivity index (χ2v) is 8.78. The SMILES string of the molecule is Cc1cc(Nc2ncnc3ccc(C#CCN4CCC(O)CC4)cc23)ccc1Oc1ccccc1. The highest BCUT2D eigenvalue weighted by molar-refractivity contribution is 5.91. The van der Waals surface area contributed by atoms with Gasteiger partial charge in [0.25, 0.3) is 0 Å². The van der Waals surface area contributed by atoms with E-state index in [4.69, 9.17) is 4.74 Å². The van der Waals surface area contributed by atoms with Crippen molar-refractivity contribution in [2.24, 2.45) is 0 Å². The lowest BCUT2D eigenvalue weighted by molar-refractivity contribution is 0.0889. The quantitative estimate of drug-likeness (QED) is 0.392. The number of aliphatic hydroxyl groups excluding tert-OH is 1. The number of hydrogen-bond donors (Lipinski definition) is 2. The van der Waals surface area contributed by atoms with Crippen LogP contribution in [0, 0.1) is 18.8 Å². The van der Waals surface area contributed by atoms with E-state index in [0.29, 0.717) is 6.54 Å². The van der Waals surface area contributed by atoms with Crippen LogP contribution < -0.4 is 10.1 Å². The van der Waals surface area contributed by atoms with E-state index in [1.54, 1.807) is 6.33 Å². The lowest BCUT2D eigenvalue weighted by Gasteiger charge is -2.27. The van der Waals surface area contributed by atoms with Crippen molar-refractivity contribution < 1.29 is 9.84 Å². The Balaban J connectivity index is 1.32. The number of nitrogens with one attached hydrogen (secondary N) is 1. The molecule has 35 heavy (non-hydrogen) atoms. The fourth-order valence-electron chi connectivity index (χ4n) is 4.16. The second-order valence-electron chi connectivity index (χ2n) is 8.78. The summed E-state index contributed by atoms with van der Waals surface area (Å²) in [4.78, 5) is 11.2. The Bertz CT molecular complexity index is 1370. The van der Waals surface area contributed by atoms with E-state index in [1.807, 2.05) is 73.7 Å². The average molecular weight is 465 g/mol. The fraction of sp³-hybridized carbons (Fsp3) is 0.241. The van der Waals surface area contributed by atoms with Crippen LogP contribution in [0.15, 0.2) is 73.1 Å². The van der Waals surface area contributed by atoms with E-state index in [1.165, 1.54) is 0 Å². The van der Waals surface area contributed by atoms with Crippen LogP contribution in [0.1, 0.15) is 24.0 Å². The molecule has 0 radical (unpaired) electrons. The molecule has 1 aliphatic heterocycles. The Kier molecular flexibility index (Phi) is 6.89. The summed E-state index contributed by atoms with van der Waals surface area (Å²) in [6.07, 6.45) is 3.05. The number of likely N-dealkylation sites (tertiary alicyclic amines) is 1. The van der Waals surface area contributed by atoms with Crippen molar-refractivity contribution in [3.05, 3.63) is 84.2 Å². The number of piperidine rings is 1. The topological polar surface area (TPSA) is 70.5 Å². The molecule has 1 saturated heterocycles. The Morgan fingerprint density at radius 2 is 1.86 bits per heavy atom. The predicted octanol–water partition coefficient (Wildman–Crippen LogP) is 5.28. The zero-order valence-corrected chi connectivity index (χ0v) is 19.7. The summed E-state index contributed by atoms with van der Waals surface area (Å²) >= 11 is 0. The fourth-order valence-corrected chi connectivity index (χ4v) is 4.16. The number of fused-ring (bicyclic) bond motifs is 1. The summed E-state index contributed by atoms with van der Waals surface area (Å²) in [5.41, 5.74) is 3.73. The molecule has 6 heteroatoms. The van der Waals surface area contributed by atoms with Crippen LogP contribution in [0.5, 0.6) is 11.5 Å². The molecule has 4 aromatic rings. The van der Waals surface area contributed by atoms with E-state index in [-0.39, 0.29) is 6.10 Å². The van der Waals surface area contributed by atoms with E-state index in [9.17, 15) is 5.11 Å². The first-order chi connectivity index (χ1) is 17.1. The Labute approximate surface area is 205 Å². The van der Waals surface area contributed by atoms with Crippen molar-refractivity contribution in [2.75, 3.05) is 25.0 Å². The monoisotopic (exact) mass is 464 g/mol. The maximum absolute atomic E-state index is 9.66. The van der Waals surface area contributed by atoms with E-state index in [0.717, 1.165) is 71.0 Å². The molecule has 0 bridgehead atoms. The number of aliphatic hydroxyl groups is 1. The van der Waals surface area contributed by atoms with Crippen LogP contribution in [0.3, 0.4) is 0 Å². The van der Waals surface area contributed by atoms with Gasteiger partial charge >= 0.3 is 0 Å². The molecular formula is C29H28N4O2. The maximum atomic E-state index is 9.66. The largest absolute Gasteiger partial charge is 0.457 e. The van der Waals surface area contributed by atoms with Crippen molar-refractivity contribution in [1.29, 1.82) is 0 Å². The highest BCUT2D eigenvalue weighted by Crippen LogP contribution is 2.30. The normalized spacial score (nSPS) is 14.3. The van der Waals surface area contributed by atoms with E-state index in [2.05, 4.69) is 32.0 Å². The summed E-state index contributed by atoms with van der Waals surface area (Å²) < 4.78 is 6.00. The zero-order valence-electron chi connectivity index (χ0n) is 19.7. The molecule has 0 amide bonds. The number of rotatable bonds is 5. The van der Waals surface area contributed by atoms with Gasteiger partial charge < -0.3 is 15.2 Å². The molecule has 0 atom stereocenters. The molecule has 0 unspecified atom stereocenters. The summed E-state index contributed by atoms with van der Waals surface area (Å²) in [7, 11) is 0. The summed E-state index contributed by atoms with van der Waals surface area (Å²) in [6.45, 7) is 4.52. The maximum Gasteiger partial charge on any atom is 0.141 e. The smallest absolute Gasteiger partial charge is 0.141 e. The van der Waals surface area contributed by atoms with Gasteiger partial charge in [-0.15, -0.1) is 0 Å². The van der Waals surface area contributed by atoms with Gasteiger partial charge in [0.05, 0.1) is 18.2 Å². The van der Waals surface area contributed by atoms with Crippen molar-refractivity contribution in [3.8, 4) is 23.3 Å². The van der Waals surface area contributed by atoms with Gasteiger partial charge in [0.2, 0.25) is 0 Å². The van der Waals surface area contributed by atoms with Crippen LogP contribution >= 0.6 is 0 Å². The molecule has 2 heterocycles. The van der Waals surface area contributed by atoms with Crippen molar-refractivity contribution in [1.82, 2.24) is 14.9 Å². The minimum atomic E-state index is -0.165. The third-order valence-corrected chi connectivity index (χ3v) is 6.14. The van der Waals surface area contributed by atoms with Crippen molar-refractivity contribution >= 4 is 22.4 Å². The molecule has 3 aromatic carbocycles. The molecule has 2 N–H and O–H groups in total. The number of aryl methyl sites for hydroxylation is 1. The van der Waals surface area contributed by atoms with Crippen LogP contribution in [0.4, 0.5) is 11.5 Å². The summed E-state index contributed by atoms with van der Waals surface area (Å²) in [5, 5.41) is 14.0. The summed E-state index contributed by atoms with van der Waals surface area (Å²) in [5.74, 6) is 8.91. The first-order valence-electron chi connectivity index (χ1n) is 11.9. The van der Waals surface area contributed by atoms with Crippen LogP contribution in [0.25, 0.3) is 10.9 Å². The molecule has 1 aromatic heterocycles. The lowest BCUT2D eigenvalue weighted by Crippen LogP contribution is -2.35.